The highest BCUT2D eigenvalue weighted by Gasteiger charge is 2.28. The Morgan fingerprint density at radius 3 is 2.80 bits per heavy atom. The maximum Gasteiger partial charge on any atom is 0.0831 e. The van der Waals surface area contributed by atoms with E-state index in [4.69, 9.17) is 0 Å². The molecule has 1 aromatic rings. The molecule has 1 aromatic heterocycles. The third kappa shape index (κ3) is 2.53. The van der Waals surface area contributed by atoms with Crippen LogP contribution in [-0.4, -0.2) is 47.3 Å². The number of aliphatic hydroxyl groups is 1. The van der Waals surface area contributed by atoms with Gasteiger partial charge in [-0.25, -0.2) is 0 Å². The third-order valence-corrected chi connectivity index (χ3v) is 2.90. The first-order valence-electron chi connectivity index (χ1n) is 5.25. The second-order valence-electron chi connectivity index (χ2n) is 4.06. The summed E-state index contributed by atoms with van der Waals surface area (Å²) >= 11 is 0. The van der Waals surface area contributed by atoms with E-state index in [-0.39, 0.29) is 12.1 Å². The van der Waals surface area contributed by atoms with Gasteiger partial charge in [0.25, 0.3) is 0 Å². The maximum atomic E-state index is 9.72. The van der Waals surface area contributed by atoms with Crippen molar-refractivity contribution in [3.63, 3.8) is 0 Å². The van der Waals surface area contributed by atoms with Gasteiger partial charge in [0.05, 0.1) is 6.10 Å². The summed E-state index contributed by atoms with van der Waals surface area (Å²) in [6.45, 7) is 2.42. The van der Waals surface area contributed by atoms with Gasteiger partial charge in [0.15, 0.2) is 0 Å². The van der Waals surface area contributed by atoms with Gasteiger partial charge < -0.3 is 10.4 Å². The Labute approximate surface area is 89.9 Å². The number of likely N-dealkylation sites (N-methyl/N-ethyl adjacent to an activating group) is 1. The lowest BCUT2D eigenvalue weighted by atomic mass is 10.1. The molecule has 0 unspecified atom stereocenters. The number of nitrogens with zero attached hydrogens (tertiary/aromatic N) is 2. The van der Waals surface area contributed by atoms with Gasteiger partial charge in [-0.1, -0.05) is 0 Å². The highest BCUT2D eigenvalue weighted by molar-refractivity contribution is 5.09. The molecule has 1 fully saturated rings. The first-order chi connectivity index (χ1) is 7.27. The molecule has 0 aliphatic carbocycles. The van der Waals surface area contributed by atoms with E-state index in [2.05, 4.69) is 15.2 Å². The number of rotatable bonds is 3. The van der Waals surface area contributed by atoms with Crippen molar-refractivity contribution in [1.82, 2.24) is 15.2 Å². The summed E-state index contributed by atoms with van der Waals surface area (Å²) < 4.78 is 0. The van der Waals surface area contributed by atoms with Crippen molar-refractivity contribution in [3.05, 3.63) is 30.1 Å². The van der Waals surface area contributed by atoms with Gasteiger partial charge in [0, 0.05) is 38.1 Å². The smallest absolute Gasteiger partial charge is 0.0831 e. The molecule has 0 amide bonds. The quantitative estimate of drug-likeness (QED) is 0.723. The molecule has 1 aliphatic rings. The number of pyridine rings is 1. The predicted octanol–water partition coefficient (Wildman–Crippen LogP) is -0.154. The van der Waals surface area contributed by atoms with E-state index < -0.39 is 0 Å². The molecule has 0 bridgehead atoms. The summed E-state index contributed by atoms with van der Waals surface area (Å²) in [6.07, 6.45) is 3.34. The topological polar surface area (TPSA) is 48.4 Å². The van der Waals surface area contributed by atoms with Crippen LogP contribution >= 0.6 is 0 Å². The zero-order valence-electron chi connectivity index (χ0n) is 8.93. The zero-order valence-corrected chi connectivity index (χ0v) is 8.93. The van der Waals surface area contributed by atoms with Crippen LogP contribution < -0.4 is 5.32 Å². The Bertz CT molecular complexity index is 304. The largest absolute Gasteiger partial charge is 0.390 e. The van der Waals surface area contributed by atoms with Crippen molar-refractivity contribution >= 4 is 0 Å². The average Bonchev–Trinajstić information content (AvgIpc) is 2.66. The molecule has 0 radical (unpaired) electrons. The first-order valence-corrected chi connectivity index (χ1v) is 5.25. The highest BCUT2D eigenvalue weighted by Crippen LogP contribution is 2.11. The SMILES string of the molecule is CN(Cc1ccncc1)[C@@H]1CNC[C@H]1O. The Kier molecular flexibility index (Phi) is 3.30. The minimum atomic E-state index is -0.253. The van der Waals surface area contributed by atoms with E-state index in [1.807, 2.05) is 19.2 Å². The Morgan fingerprint density at radius 2 is 2.20 bits per heavy atom. The van der Waals surface area contributed by atoms with Crippen LogP contribution in [0.4, 0.5) is 0 Å². The molecule has 82 valence electrons. The molecule has 2 rings (SSSR count). The minimum Gasteiger partial charge on any atom is -0.390 e. The lowest BCUT2D eigenvalue weighted by molar-refractivity contribution is 0.0955. The molecule has 4 heteroatoms. The molecule has 15 heavy (non-hydrogen) atoms. The van der Waals surface area contributed by atoms with Crippen molar-refractivity contribution in [2.24, 2.45) is 0 Å². The lowest BCUT2D eigenvalue weighted by Crippen LogP contribution is -2.40. The fourth-order valence-corrected chi connectivity index (χ4v) is 1.99. The van der Waals surface area contributed by atoms with Crippen LogP contribution in [0.2, 0.25) is 0 Å². The number of β-amino-alcohol motifs (C(OH)–C–C–N with tert-alkyl or cyclic N) is 1. The van der Waals surface area contributed by atoms with Gasteiger partial charge in [0.1, 0.15) is 0 Å². The van der Waals surface area contributed by atoms with Crippen molar-refractivity contribution in [1.29, 1.82) is 0 Å². The summed E-state index contributed by atoms with van der Waals surface area (Å²) in [6, 6.07) is 4.23. The van der Waals surface area contributed by atoms with Gasteiger partial charge in [-0.05, 0) is 24.7 Å². The van der Waals surface area contributed by atoms with Gasteiger partial charge >= 0.3 is 0 Å². The summed E-state index contributed by atoms with van der Waals surface area (Å²) in [7, 11) is 2.04. The van der Waals surface area contributed by atoms with Crippen molar-refractivity contribution < 1.29 is 5.11 Å². The second kappa shape index (κ2) is 4.70. The number of nitrogens with one attached hydrogen (secondary N) is 1. The Morgan fingerprint density at radius 1 is 1.47 bits per heavy atom. The molecular weight excluding hydrogens is 190 g/mol. The number of hydrogen-bond acceptors (Lipinski definition) is 4. The standard InChI is InChI=1S/C11H17N3O/c1-14(10-6-13-7-11(10)15)8-9-2-4-12-5-3-9/h2-5,10-11,13,15H,6-8H2,1H3/t10-,11-/m1/s1. The number of hydrogen-bond donors (Lipinski definition) is 2. The molecule has 0 aromatic carbocycles. The van der Waals surface area contributed by atoms with Gasteiger partial charge in [-0.3, -0.25) is 9.88 Å². The number of aromatic nitrogens is 1. The van der Waals surface area contributed by atoms with Crippen LogP contribution in [0, 0.1) is 0 Å². The van der Waals surface area contributed by atoms with E-state index in [1.165, 1.54) is 5.56 Å². The van der Waals surface area contributed by atoms with Crippen LogP contribution in [0.25, 0.3) is 0 Å². The van der Waals surface area contributed by atoms with Crippen LogP contribution in [0.5, 0.6) is 0 Å². The van der Waals surface area contributed by atoms with E-state index in [0.717, 1.165) is 13.1 Å². The average molecular weight is 207 g/mol. The van der Waals surface area contributed by atoms with Crippen molar-refractivity contribution in [2.75, 3.05) is 20.1 Å². The second-order valence-corrected chi connectivity index (χ2v) is 4.06. The van der Waals surface area contributed by atoms with Gasteiger partial charge in [-0.15, -0.1) is 0 Å². The van der Waals surface area contributed by atoms with E-state index in [9.17, 15) is 5.11 Å². The van der Waals surface area contributed by atoms with Crippen LogP contribution in [0.15, 0.2) is 24.5 Å². The first kappa shape index (κ1) is 10.5. The van der Waals surface area contributed by atoms with Crippen LogP contribution in [0.1, 0.15) is 5.56 Å². The fraction of sp³-hybridized carbons (Fsp3) is 0.545. The molecule has 0 spiro atoms. The number of aliphatic hydroxyl groups excluding tert-OH is 1. The minimum absolute atomic E-state index is 0.221. The molecule has 0 saturated carbocycles. The summed E-state index contributed by atoms with van der Waals surface area (Å²) in [5, 5.41) is 12.9. The molecule has 4 nitrogen and oxygen atoms in total. The van der Waals surface area contributed by atoms with Gasteiger partial charge in [0.2, 0.25) is 0 Å². The lowest BCUT2D eigenvalue weighted by Gasteiger charge is -2.26. The van der Waals surface area contributed by atoms with Crippen molar-refractivity contribution in [3.8, 4) is 0 Å². The normalized spacial score (nSPS) is 26.1. The molecule has 2 heterocycles. The molecule has 2 atom stereocenters. The highest BCUT2D eigenvalue weighted by atomic mass is 16.3. The maximum absolute atomic E-state index is 9.72. The third-order valence-electron chi connectivity index (χ3n) is 2.90. The van der Waals surface area contributed by atoms with Crippen LogP contribution in [0.3, 0.4) is 0 Å². The zero-order chi connectivity index (χ0) is 10.7. The van der Waals surface area contributed by atoms with Crippen LogP contribution in [-0.2, 0) is 6.54 Å². The van der Waals surface area contributed by atoms with E-state index in [0.29, 0.717) is 6.54 Å². The molecule has 2 N–H and O–H groups in total. The van der Waals surface area contributed by atoms with Gasteiger partial charge in [-0.2, -0.15) is 0 Å². The molecular formula is C11H17N3O. The summed E-state index contributed by atoms with van der Waals surface area (Å²) in [4.78, 5) is 6.17. The van der Waals surface area contributed by atoms with E-state index >= 15 is 0 Å². The molecule has 1 saturated heterocycles. The van der Waals surface area contributed by atoms with E-state index in [1.54, 1.807) is 12.4 Å². The molecule has 1 aliphatic heterocycles. The monoisotopic (exact) mass is 207 g/mol. The summed E-state index contributed by atoms with van der Waals surface area (Å²) in [5.74, 6) is 0. The summed E-state index contributed by atoms with van der Waals surface area (Å²) in [5.41, 5.74) is 1.23. The Balaban J connectivity index is 1.94. The van der Waals surface area contributed by atoms with Crippen molar-refractivity contribution in [2.45, 2.75) is 18.7 Å². The predicted molar refractivity (Wildman–Crippen MR) is 58.4 cm³/mol. The fourth-order valence-electron chi connectivity index (χ4n) is 1.99. The Hall–Kier alpha value is -0.970.